The lowest BCUT2D eigenvalue weighted by Gasteiger charge is -2.22. The van der Waals surface area contributed by atoms with Gasteiger partial charge in [-0.3, -0.25) is 4.79 Å². The summed E-state index contributed by atoms with van der Waals surface area (Å²) in [5, 5.41) is 8.40. The molecule has 2 rings (SSSR count). The zero-order valence-corrected chi connectivity index (χ0v) is 16.4. The van der Waals surface area contributed by atoms with Crippen LogP contribution in [0.4, 0.5) is 10.5 Å². The highest BCUT2D eigenvalue weighted by Gasteiger charge is 2.24. The second kappa shape index (κ2) is 9.41. The van der Waals surface area contributed by atoms with Crippen LogP contribution in [0.5, 0.6) is 0 Å². The maximum atomic E-state index is 12.5. The van der Waals surface area contributed by atoms with Crippen molar-refractivity contribution < 1.29 is 9.59 Å². The van der Waals surface area contributed by atoms with Gasteiger partial charge in [-0.15, -0.1) is 0 Å². The summed E-state index contributed by atoms with van der Waals surface area (Å²) in [4.78, 5) is 24.7. The number of nitrogens with one attached hydrogen (secondary N) is 3. The number of hydrogen-bond acceptors (Lipinski definition) is 2. The summed E-state index contributed by atoms with van der Waals surface area (Å²) >= 11 is 2.19. The molecule has 3 amide bonds. The van der Waals surface area contributed by atoms with Crippen LogP contribution in [-0.2, 0) is 11.3 Å². The summed E-state index contributed by atoms with van der Waals surface area (Å²) in [7, 11) is 0. The molecule has 0 bridgehead atoms. The molecule has 25 heavy (non-hydrogen) atoms. The zero-order chi connectivity index (χ0) is 18.2. The predicted octanol–water partition coefficient (Wildman–Crippen LogP) is 3.75. The van der Waals surface area contributed by atoms with Gasteiger partial charge in [0, 0.05) is 15.8 Å². The van der Waals surface area contributed by atoms with E-state index in [0.717, 1.165) is 9.13 Å². The summed E-state index contributed by atoms with van der Waals surface area (Å²) in [5.41, 5.74) is 1.72. The average molecular weight is 451 g/mol. The monoisotopic (exact) mass is 451 g/mol. The largest absolute Gasteiger partial charge is 0.334 e. The minimum absolute atomic E-state index is 0.0368. The molecule has 0 spiro atoms. The molecule has 6 heteroatoms. The molecule has 0 radical (unpaired) electrons. The van der Waals surface area contributed by atoms with Gasteiger partial charge in [0.1, 0.15) is 6.04 Å². The molecule has 0 aliphatic heterocycles. The molecule has 132 valence electrons. The number of carbonyl (C=O) groups excluding carboxylic acids is 2. The first-order valence-corrected chi connectivity index (χ1v) is 9.18. The number of hydrogen-bond donors (Lipinski definition) is 3. The van der Waals surface area contributed by atoms with Gasteiger partial charge >= 0.3 is 6.03 Å². The fraction of sp³-hybridized carbons (Fsp3) is 0.263. The van der Waals surface area contributed by atoms with Crippen LogP contribution in [-0.4, -0.2) is 18.0 Å². The summed E-state index contributed by atoms with van der Waals surface area (Å²) < 4.78 is 1.03. The number of benzene rings is 2. The third kappa shape index (κ3) is 6.38. The Bertz CT molecular complexity index is 720. The first-order valence-electron chi connectivity index (χ1n) is 8.10. The summed E-state index contributed by atoms with van der Waals surface area (Å²) in [6, 6.07) is 16.2. The van der Waals surface area contributed by atoms with Gasteiger partial charge in [0.2, 0.25) is 5.91 Å². The van der Waals surface area contributed by atoms with Crippen molar-refractivity contribution in [1.82, 2.24) is 10.6 Å². The van der Waals surface area contributed by atoms with Crippen molar-refractivity contribution >= 4 is 40.2 Å². The van der Waals surface area contributed by atoms with Crippen molar-refractivity contribution in [3.8, 4) is 0 Å². The molecule has 0 aliphatic rings. The van der Waals surface area contributed by atoms with Crippen molar-refractivity contribution in [1.29, 1.82) is 0 Å². The van der Waals surface area contributed by atoms with Gasteiger partial charge in [-0.2, -0.15) is 0 Å². The molecule has 0 fully saturated rings. The van der Waals surface area contributed by atoms with E-state index in [9.17, 15) is 9.59 Å². The minimum atomic E-state index is -0.617. The summed E-state index contributed by atoms with van der Waals surface area (Å²) in [5.74, 6) is -0.267. The Morgan fingerprint density at radius 2 is 1.76 bits per heavy atom. The maximum absolute atomic E-state index is 12.5. The third-order valence-corrected chi connectivity index (χ3v) is 4.29. The highest BCUT2D eigenvalue weighted by atomic mass is 127. The number of urea groups is 1. The third-order valence-electron chi connectivity index (χ3n) is 3.62. The van der Waals surface area contributed by atoms with Gasteiger partial charge < -0.3 is 16.0 Å². The van der Waals surface area contributed by atoms with Crippen molar-refractivity contribution in [2.75, 3.05) is 5.32 Å². The second-order valence-electron chi connectivity index (χ2n) is 6.03. The van der Waals surface area contributed by atoms with Crippen molar-refractivity contribution in [3.63, 3.8) is 0 Å². The SMILES string of the molecule is CC(C)C(NC(=O)NCc1ccccc1)C(=O)Nc1cccc(I)c1. The second-order valence-corrected chi connectivity index (χ2v) is 7.28. The van der Waals surface area contributed by atoms with E-state index in [4.69, 9.17) is 0 Å². The Morgan fingerprint density at radius 3 is 2.40 bits per heavy atom. The van der Waals surface area contributed by atoms with Gasteiger partial charge in [0.15, 0.2) is 0 Å². The van der Waals surface area contributed by atoms with Crippen LogP contribution in [0, 0.1) is 9.49 Å². The van der Waals surface area contributed by atoms with Crippen LogP contribution in [0.25, 0.3) is 0 Å². The minimum Gasteiger partial charge on any atom is -0.334 e. The van der Waals surface area contributed by atoms with Gasteiger partial charge in [0.25, 0.3) is 0 Å². The van der Waals surface area contributed by atoms with E-state index in [1.807, 2.05) is 68.4 Å². The van der Waals surface area contributed by atoms with E-state index < -0.39 is 6.04 Å². The topological polar surface area (TPSA) is 70.2 Å². The Kier molecular flexibility index (Phi) is 7.24. The molecule has 2 aromatic carbocycles. The summed E-state index contributed by atoms with van der Waals surface area (Å²) in [6.07, 6.45) is 0. The van der Waals surface area contributed by atoms with E-state index in [2.05, 4.69) is 38.5 Å². The molecule has 0 saturated heterocycles. The fourth-order valence-electron chi connectivity index (χ4n) is 2.29. The molecule has 0 aromatic heterocycles. The number of carbonyl (C=O) groups is 2. The zero-order valence-electron chi connectivity index (χ0n) is 14.3. The molecule has 0 heterocycles. The van der Waals surface area contributed by atoms with E-state index in [0.29, 0.717) is 12.2 Å². The molecule has 0 saturated carbocycles. The Labute approximate surface area is 161 Å². The number of amides is 3. The number of halogens is 1. The first kappa shape index (κ1) is 19.2. The van der Waals surface area contributed by atoms with E-state index in [1.54, 1.807) is 0 Å². The number of rotatable bonds is 6. The maximum Gasteiger partial charge on any atom is 0.315 e. The number of anilines is 1. The lowest BCUT2D eigenvalue weighted by molar-refractivity contribution is -0.118. The fourth-order valence-corrected chi connectivity index (χ4v) is 2.83. The average Bonchev–Trinajstić information content (AvgIpc) is 2.58. The van der Waals surface area contributed by atoms with Gasteiger partial charge in [-0.05, 0) is 52.3 Å². The Hall–Kier alpha value is -2.09. The van der Waals surface area contributed by atoms with E-state index in [-0.39, 0.29) is 17.9 Å². The van der Waals surface area contributed by atoms with Crippen LogP contribution in [0.3, 0.4) is 0 Å². The highest BCUT2D eigenvalue weighted by molar-refractivity contribution is 14.1. The van der Waals surface area contributed by atoms with Crippen molar-refractivity contribution in [3.05, 3.63) is 63.7 Å². The molecular formula is C19H22IN3O2. The van der Waals surface area contributed by atoms with Crippen molar-refractivity contribution in [2.45, 2.75) is 26.4 Å². The molecular weight excluding hydrogens is 429 g/mol. The van der Waals surface area contributed by atoms with Gasteiger partial charge in [-0.1, -0.05) is 50.2 Å². The Morgan fingerprint density at radius 1 is 1.04 bits per heavy atom. The molecule has 3 N–H and O–H groups in total. The van der Waals surface area contributed by atoms with E-state index >= 15 is 0 Å². The molecule has 5 nitrogen and oxygen atoms in total. The van der Waals surface area contributed by atoms with Gasteiger partial charge in [0.05, 0.1) is 0 Å². The van der Waals surface area contributed by atoms with Crippen LogP contribution in [0.2, 0.25) is 0 Å². The quantitative estimate of drug-likeness (QED) is 0.586. The van der Waals surface area contributed by atoms with Crippen LogP contribution in [0.1, 0.15) is 19.4 Å². The standard InChI is InChI=1S/C19H22IN3O2/c1-13(2)17(18(24)22-16-10-6-9-15(20)11-16)23-19(25)21-12-14-7-4-3-5-8-14/h3-11,13,17H,12H2,1-2H3,(H,22,24)(H2,21,23,25). The van der Waals surface area contributed by atoms with Crippen LogP contribution < -0.4 is 16.0 Å². The lowest BCUT2D eigenvalue weighted by atomic mass is 10.0. The normalized spacial score (nSPS) is 11.7. The molecule has 1 atom stereocenters. The molecule has 2 aromatic rings. The smallest absolute Gasteiger partial charge is 0.315 e. The predicted molar refractivity (Wildman–Crippen MR) is 108 cm³/mol. The summed E-state index contributed by atoms with van der Waals surface area (Å²) in [6.45, 7) is 4.21. The molecule has 0 aliphatic carbocycles. The van der Waals surface area contributed by atoms with E-state index in [1.165, 1.54) is 0 Å². The van der Waals surface area contributed by atoms with Crippen LogP contribution in [0.15, 0.2) is 54.6 Å². The lowest BCUT2D eigenvalue weighted by Crippen LogP contribution is -2.50. The van der Waals surface area contributed by atoms with Gasteiger partial charge in [-0.25, -0.2) is 4.79 Å². The van der Waals surface area contributed by atoms with Crippen LogP contribution >= 0.6 is 22.6 Å². The van der Waals surface area contributed by atoms with Crippen molar-refractivity contribution in [2.24, 2.45) is 5.92 Å². The Balaban J connectivity index is 1.92. The first-order chi connectivity index (χ1) is 12.0. The highest BCUT2D eigenvalue weighted by Crippen LogP contribution is 2.14. The molecule has 1 unspecified atom stereocenters.